The number of aromatic nitrogens is 1. The van der Waals surface area contributed by atoms with E-state index in [1.54, 1.807) is 17.0 Å². The number of nitrogens with one attached hydrogen (secondary N) is 1. The average Bonchev–Trinajstić information content (AvgIpc) is 2.80. The maximum atomic E-state index is 15.0. The Hall–Kier alpha value is -3.29. The molecule has 1 aromatic heterocycles. The third kappa shape index (κ3) is 5.53. The number of pyridine rings is 1. The van der Waals surface area contributed by atoms with E-state index < -0.39 is 45.0 Å². The number of carbonyl (C=O) groups is 2. The quantitative estimate of drug-likeness (QED) is 0.263. The summed E-state index contributed by atoms with van der Waals surface area (Å²) in [6.07, 6.45) is 1.35. The van der Waals surface area contributed by atoms with E-state index in [-0.39, 0.29) is 23.9 Å². The van der Waals surface area contributed by atoms with E-state index in [2.05, 4.69) is 14.5 Å². The van der Waals surface area contributed by atoms with Gasteiger partial charge in [0.25, 0.3) is 5.88 Å². The minimum Gasteiger partial charge on any atom is -0.369 e. The molecule has 1 atom stereocenters. The molecular formula is C23H22F5N3O5S. The molecule has 0 radical (unpaired) electrons. The summed E-state index contributed by atoms with van der Waals surface area (Å²) in [6, 6.07) is 5.40. The van der Waals surface area contributed by atoms with Gasteiger partial charge in [0.2, 0.25) is 11.8 Å². The first-order chi connectivity index (χ1) is 17.3. The Labute approximate surface area is 208 Å². The molecule has 0 bridgehead atoms. The number of alkyl halides is 3. The van der Waals surface area contributed by atoms with Gasteiger partial charge in [-0.15, -0.1) is 0 Å². The number of benzene rings is 1. The summed E-state index contributed by atoms with van der Waals surface area (Å²) in [5.41, 5.74) is -4.44. The van der Waals surface area contributed by atoms with Gasteiger partial charge in [-0.25, -0.2) is 13.8 Å². The van der Waals surface area contributed by atoms with Gasteiger partial charge in [0.1, 0.15) is 5.82 Å². The zero-order valence-corrected chi connectivity index (χ0v) is 20.3. The van der Waals surface area contributed by atoms with Crippen LogP contribution in [-0.4, -0.2) is 43.8 Å². The Morgan fingerprint density at radius 1 is 1.05 bits per heavy atom. The fourth-order valence-electron chi connectivity index (χ4n) is 4.64. The molecule has 1 aromatic carbocycles. The first-order valence-corrected chi connectivity index (χ1v) is 12.7. The van der Waals surface area contributed by atoms with E-state index in [4.69, 9.17) is 0 Å². The number of amides is 2. The van der Waals surface area contributed by atoms with Crippen molar-refractivity contribution in [2.24, 2.45) is 0 Å². The molecule has 200 valence electrons. The SMILES string of the molecule is Cc1nc(OS(=O)(=O)C(F)(F)F)c(F)cc1C1CCN(c2ccc(C3CCC(=O)NC3=O)cc2F)CC1. The molecule has 37 heavy (non-hydrogen) atoms. The van der Waals surface area contributed by atoms with Crippen LogP contribution in [0.4, 0.5) is 27.6 Å². The molecule has 2 aliphatic heterocycles. The van der Waals surface area contributed by atoms with Gasteiger partial charge in [-0.05, 0) is 61.4 Å². The Kier molecular flexibility index (Phi) is 7.14. The van der Waals surface area contributed by atoms with Crippen molar-refractivity contribution in [2.45, 2.75) is 50.0 Å². The van der Waals surface area contributed by atoms with Crippen molar-refractivity contribution in [3.63, 3.8) is 0 Å². The van der Waals surface area contributed by atoms with E-state index in [9.17, 15) is 40.0 Å². The number of anilines is 1. The van der Waals surface area contributed by atoms with Crippen LogP contribution >= 0.6 is 0 Å². The summed E-state index contributed by atoms with van der Waals surface area (Å²) < 4.78 is 93.2. The van der Waals surface area contributed by atoms with Crippen molar-refractivity contribution in [2.75, 3.05) is 18.0 Å². The minimum atomic E-state index is -6.07. The molecule has 2 saturated heterocycles. The molecule has 3 heterocycles. The lowest BCUT2D eigenvalue weighted by atomic mass is 9.87. The highest BCUT2D eigenvalue weighted by Gasteiger charge is 2.49. The predicted octanol–water partition coefficient (Wildman–Crippen LogP) is 3.80. The number of halogens is 5. The number of carbonyl (C=O) groups excluding carboxylic acids is 2. The number of nitrogens with zero attached hydrogens (tertiary/aromatic N) is 2. The second kappa shape index (κ2) is 9.88. The molecule has 2 amide bonds. The van der Waals surface area contributed by atoms with Crippen LogP contribution in [0.2, 0.25) is 0 Å². The van der Waals surface area contributed by atoms with Gasteiger partial charge in [0.05, 0.1) is 11.6 Å². The molecule has 2 aliphatic rings. The average molecular weight is 548 g/mol. The first-order valence-electron chi connectivity index (χ1n) is 11.3. The van der Waals surface area contributed by atoms with E-state index in [1.165, 1.54) is 13.0 Å². The van der Waals surface area contributed by atoms with E-state index in [0.29, 0.717) is 49.2 Å². The summed E-state index contributed by atoms with van der Waals surface area (Å²) in [6.45, 7) is 2.16. The molecule has 2 aromatic rings. The summed E-state index contributed by atoms with van der Waals surface area (Å²) in [4.78, 5) is 28.8. The maximum Gasteiger partial charge on any atom is 0.534 e. The third-order valence-electron chi connectivity index (χ3n) is 6.53. The van der Waals surface area contributed by atoms with Gasteiger partial charge in [-0.2, -0.15) is 21.6 Å². The van der Waals surface area contributed by atoms with Crippen molar-refractivity contribution in [1.29, 1.82) is 0 Å². The number of aryl methyl sites for hydroxylation is 1. The molecule has 0 spiro atoms. The number of piperidine rings is 2. The molecule has 1 unspecified atom stereocenters. The predicted molar refractivity (Wildman–Crippen MR) is 120 cm³/mol. The van der Waals surface area contributed by atoms with Crippen molar-refractivity contribution >= 4 is 27.6 Å². The van der Waals surface area contributed by atoms with Gasteiger partial charge in [-0.3, -0.25) is 14.9 Å². The minimum absolute atomic E-state index is 0.118. The Morgan fingerprint density at radius 2 is 1.73 bits per heavy atom. The monoisotopic (exact) mass is 547 g/mol. The van der Waals surface area contributed by atoms with Crippen LogP contribution in [0.3, 0.4) is 0 Å². The molecule has 4 rings (SSSR count). The lowest BCUT2D eigenvalue weighted by molar-refractivity contribution is -0.134. The van der Waals surface area contributed by atoms with Crippen molar-refractivity contribution < 1.29 is 44.1 Å². The molecule has 14 heteroatoms. The lowest BCUT2D eigenvalue weighted by Crippen LogP contribution is -2.39. The van der Waals surface area contributed by atoms with Gasteiger partial charge in [-0.1, -0.05) is 6.07 Å². The van der Waals surface area contributed by atoms with Crippen LogP contribution in [0, 0.1) is 18.6 Å². The highest BCUT2D eigenvalue weighted by molar-refractivity contribution is 7.87. The molecule has 0 aliphatic carbocycles. The lowest BCUT2D eigenvalue weighted by Gasteiger charge is -2.34. The number of hydrogen-bond acceptors (Lipinski definition) is 7. The summed E-state index contributed by atoms with van der Waals surface area (Å²) in [5, 5.41) is 2.25. The van der Waals surface area contributed by atoms with Gasteiger partial charge in [0, 0.05) is 25.2 Å². The Balaban J connectivity index is 1.44. The standard InChI is InChI=1S/C23H22F5N3O5S/c1-12-16(11-18(25)22(29-12)36-37(34,35)23(26,27)28)13-6-8-31(9-7-13)19-4-2-14(10-17(19)24)15-3-5-20(32)30-21(15)33/h2,4,10-11,13,15H,3,5-9H2,1H3,(H,30,32,33). The third-order valence-corrected chi connectivity index (χ3v) is 7.48. The zero-order chi connectivity index (χ0) is 27.1. The van der Waals surface area contributed by atoms with Crippen LogP contribution in [0.25, 0.3) is 0 Å². The first kappa shape index (κ1) is 26.8. The van der Waals surface area contributed by atoms with Crippen molar-refractivity contribution in [1.82, 2.24) is 10.3 Å². The van der Waals surface area contributed by atoms with Gasteiger partial charge in [0.15, 0.2) is 5.82 Å². The number of imide groups is 1. The van der Waals surface area contributed by atoms with Gasteiger partial charge >= 0.3 is 15.6 Å². The van der Waals surface area contributed by atoms with Crippen LogP contribution in [0.15, 0.2) is 24.3 Å². The van der Waals surface area contributed by atoms with Crippen LogP contribution in [0.1, 0.15) is 54.3 Å². The zero-order valence-electron chi connectivity index (χ0n) is 19.4. The van der Waals surface area contributed by atoms with Crippen LogP contribution in [-0.2, 0) is 19.7 Å². The number of hydrogen-bond donors (Lipinski definition) is 1. The molecule has 2 fully saturated rings. The normalized spacial score (nSPS) is 19.6. The molecule has 0 saturated carbocycles. The van der Waals surface area contributed by atoms with E-state index in [0.717, 1.165) is 6.07 Å². The van der Waals surface area contributed by atoms with Crippen LogP contribution in [0.5, 0.6) is 5.88 Å². The Bertz CT molecular complexity index is 1340. The topological polar surface area (TPSA) is 106 Å². The summed E-state index contributed by atoms with van der Waals surface area (Å²) in [7, 11) is -6.07. The second-order valence-electron chi connectivity index (χ2n) is 8.91. The summed E-state index contributed by atoms with van der Waals surface area (Å²) >= 11 is 0. The molecular weight excluding hydrogens is 525 g/mol. The largest absolute Gasteiger partial charge is 0.534 e. The van der Waals surface area contributed by atoms with Crippen molar-refractivity contribution in [3.05, 3.63) is 52.7 Å². The van der Waals surface area contributed by atoms with E-state index in [1.807, 2.05) is 0 Å². The van der Waals surface area contributed by atoms with E-state index >= 15 is 0 Å². The van der Waals surface area contributed by atoms with Crippen molar-refractivity contribution in [3.8, 4) is 5.88 Å². The molecule has 1 N–H and O–H groups in total. The van der Waals surface area contributed by atoms with Gasteiger partial charge < -0.3 is 9.08 Å². The second-order valence-corrected chi connectivity index (χ2v) is 10.4. The smallest absolute Gasteiger partial charge is 0.369 e. The summed E-state index contributed by atoms with van der Waals surface area (Å²) in [5.74, 6) is -4.85. The molecule has 8 nitrogen and oxygen atoms in total. The number of rotatable bonds is 5. The fraction of sp³-hybridized carbons (Fsp3) is 0.435. The highest BCUT2D eigenvalue weighted by Crippen LogP contribution is 2.36. The fourth-order valence-corrected chi connectivity index (χ4v) is 5.05. The Morgan fingerprint density at radius 3 is 2.32 bits per heavy atom. The van der Waals surface area contributed by atoms with Crippen LogP contribution < -0.4 is 14.4 Å². The maximum absolute atomic E-state index is 15.0. The highest BCUT2D eigenvalue weighted by atomic mass is 32.2.